The topological polar surface area (TPSA) is 93.3 Å². The van der Waals surface area contributed by atoms with Gasteiger partial charge in [-0.15, -0.1) is 0 Å². The van der Waals surface area contributed by atoms with Crippen LogP contribution in [0.3, 0.4) is 0 Å². The third-order valence-corrected chi connectivity index (χ3v) is 5.99. The Kier molecular flexibility index (Phi) is 5.94. The Morgan fingerprint density at radius 2 is 1.97 bits per heavy atom. The van der Waals surface area contributed by atoms with Crippen LogP contribution < -0.4 is 20.3 Å². The number of fused-ring (bicyclic) bond motifs is 1. The van der Waals surface area contributed by atoms with E-state index in [2.05, 4.69) is 15.3 Å². The predicted octanol–water partition coefficient (Wildman–Crippen LogP) is 3.69. The zero-order chi connectivity index (χ0) is 22.0. The molecule has 1 atom stereocenters. The van der Waals surface area contributed by atoms with E-state index >= 15 is 0 Å². The Hall–Kier alpha value is -3.33. The first-order valence-electron chi connectivity index (χ1n) is 9.52. The van der Waals surface area contributed by atoms with Crippen molar-refractivity contribution in [3.8, 4) is 11.5 Å². The summed E-state index contributed by atoms with van der Waals surface area (Å²) in [5.41, 5.74) is 1.14. The maximum Gasteiger partial charge on any atom is 0.257 e. The Bertz CT molecular complexity index is 1200. The number of nitrogens with one attached hydrogen (secondary N) is 2. The highest BCUT2D eigenvalue weighted by Gasteiger charge is 2.33. The van der Waals surface area contributed by atoms with Crippen LogP contribution in [0.1, 0.15) is 29.0 Å². The molecule has 2 heterocycles. The summed E-state index contributed by atoms with van der Waals surface area (Å²) in [6, 6.07) is 11.7. The van der Waals surface area contributed by atoms with Gasteiger partial charge in [-0.3, -0.25) is 9.59 Å². The number of ether oxygens (including phenoxy) is 2. The summed E-state index contributed by atoms with van der Waals surface area (Å²) in [6.45, 7) is 0. The Morgan fingerprint density at radius 3 is 2.71 bits per heavy atom. The van der Waals surface area contributed by atoms with Gasteiger partial charge in [0.05, 0.1) is 19.8 Å². The predicted molar refractivity (Wildman–Crippen MR) is 115 cm³/mol. The molecule has 9 heteroatoms. The fourth-order valence-corrected chi connectivity index (χ4v) is 4.40. The maximum absolute atomic E-state index is 13.9. The number of benzene rings is 2. The van der Waals surface area contributed by atoms with E-state index in [-0.39, 0.29) is 35.3 Å². The van der Waals surface area contributed by atoms with Crippen LogP contribution in [0, 0.1) is 5.82 Å². The number of carbonyl (C=O) groups excluding carboxylic acids is 1. The van der Waals surface area contributed by atoms with E-state index in [4.69, 9.17) is 9.47 Å². The number of amides is 1. The van der Waals surface area contributed by atoms with Gasteiger partial charge in [-0.2, -0.15) is 0 Å². The molecule has 4 rings (SSSR count). The van der Waals surface area contributed by atoms with E-state index in [9.17, 15) is 14.0 Å². The molecule has 0 aliphatic carbocycles. The fraction of sp³-hybridized carbons (Fsp3) is 0.227. The lowest BCUT2D eigenvalue weighted by molar-refractivity contribution is -0.116. The highest BCUT2D eigenvalue weighted by Crippen LogP contribution is 2.40. The average Bonchev–Trinajstić information content (AvgIpc) is 2.77. The van der Waals surface area contributed by atoms with E-state index in [1.54, 1.807) is 43.5 Å². The molecule has 0 unspecified atom stereocenters. The fourth-order valence-electron chi connectivity index (χ4n) is 3.56. The standard InChI is InChI=1S/C22H20FN3O4S/c1-29-13-7-8-17(30-2)14(9-13)15-10-18(27)24-20-19(15)21(28)26-22(25-20)31-11-12-5-3-4-6-16(12)23/h3-9,15H,10-11H2,1-2H3,(H2,24,25,26,27,28)/t15-/m1/s1. The largest absolute Gasteiger partial charge is 0.497 e. The molecule has 2 N–H and O–H groups in total. The van der Waals surface area contributed by atoms with Crippen molar-refractivity contribution in [3.63, 3.8) is 0 Å². The lowest BCUT2D eigenvalue weighted by Crippen LogP contribution is -2.31. The summed E-state index contributed by atoms with van der Waals surface area (Å²) >= 11 is 1.18. The van der Waals surface area contributed by atoms with Gasteiger partial charge in [0.15, 0.2) is 5.16 Å². The lowest BCUT2D eigenvalue weighted by atomic mass is 9.86. The van der Waals surface area contributed by atoms with Crippen molar-refractivity contribution in [1.29, 1.82) is 0 Å². The first-order valence-corrected chi connectivity index (χ1v) is 10.5. The molecular formula is C22H20FN3O4S. The highest BCUT2D eigenvalue weighted by atomic mass is 32.2. The van der Waals surface area contributed by atoms with Crippen LogP contribution in [0.5, 0.6) is 11.5 Å². The zero-order valence-electron chi connectivity index (χ0n) is 16.9. The number of H-pyrrole nitrogens is 1. The van der Waals surface area contributed by atoms with Crippen molar-refractivity contribution in [2.45, 2.75) is 23.2 Å². The van der Waals surface area contributed by atoms with Crippen molar-refractivity contribution in [2.24, 2.45) is 0 Å². The molecule has 1 aliphatic heterocycles. The van der Waals surface area contributed by atoms with Crippen LogP contribution in [0.4, 0.5) is 10.2 Å². The third kappa shape index (κ3) is 4.27. The molecule has 160 valence electrons. The third-order valence-electron chi connectivity index (χ3n) is 5.06. The molecule has 31 heavy (non-hydrogen) atoms. The molecule has 7 nitrogen and oxygen atoms in total. The van der Waals surface area contributed by atoms with Gasteiger partial charge in [0.2, 0.25) is 5.91 Å². The smallest absolute Gasteiger partial charge is 0.257 e. The second-order valence-electron chi connectivity index (χ2n) is 6.93. The second kappa shape index (κ2) is 8.81. The average molecular weight is 441 g/mol. The number of anilines is 1. The number of methoxy groups -OCH3 is 2. The molecule has 0 bridgehead atoms. The molecule has 2 aromatic carbocycles. The van der Waals surface area contributed by atoms with Gasteiger partial charge in [0.25, 0.3) is 5.56 Å². The van der Waals surface area contributed by atoms with E-state index in [1.165, 1.54) is 24.9 Å². The van der Waals surface area contributed by atoms with Gasteiger partial charge in [-0.25, -0.2) is 9.37 Å². The molecule has 0 fully saturated rings. The van der Waals surface area contributed by atoms with Crippen molar-refractivity contribution < 1.29 is 18.7 Å². The molecule has 0 saturated carbocycles. The molecule has 3 aromatic rings. The minimum atomic E-state index is -0.546. The van der Waals surface area contributed by atoms with Crippen LogP contribution in [-0.2, 0) is 10.5 Å². The zero-order valence-corrected chi connectivity index (χ0v) is 17.7. The number of hydrogen-bond donors (Lipinski definition) is 2. The normalized spacial score (nSPS) is 15.2. The molecular weight excluding hydrogens is 421 g/mol. The van der Waals surface area contributed by atoms with E-state index in [1.807, 2.05) is 0 Å². The molecule has 1 amide bonds. The number of thioether (sulfide) groups is 1. The minimum Gasteiger partial charge on any atom is -0.497 e. The first kappa shape index (κ1) is 20.9. The second-order valence-corrected chi connectivity index (χ2v) is 7.89. The van der Waals surface area contributed by atoms with Gasteiger partial charge < -0.3 is 19.8 Å². The van der Waals surface area contributed by atoms with Gasteiger partial charge in [-0.05, 0) is 29.8 Å². The molecule has 0 spiro atoms. The Morgan fingerprint density at radius 1 is 1.16 bits per heavy atom. The number of hydrogen-bond acceptors (Lipinski definition) is 6. The van der Waals surface area contributed by atoms with E-state index in [0.717, 1.165) is 0 Å². The van der Waals surface area contributed by atoms with Crippen molar-refractivity contribution >= 4 is 23.5 Å². The maximum atomic E-state index is 13.9. The number of halogens is 1. The summed E-state index contributed by atoms with van der Waals surface area (Å²) < 4.78 is 24.6. The van der Waals surface area contributed by atoms with E-state index in [0.29, 0.717) is 33.3 Å². The Balaban J connectivity index is 1.71. The molecule has 0 saturated heterocycles. The van der Waals surface area contributed by atoms with Gasteiger partial charge in [-0.1, -0.05) is 30.0 Å². The van der Waals surface area contributed by atoms with Crippen LogP contribution in [-0.4, -0.2) is 30.1 Å². The van der Waals surface area contributed by atoms with Crippen LogP contribution in [0.15, 0.2) is 52.4 Å². The van der Waals surface area contributed by atoms with Crippen molar-refractivity contribution in [2.75, 3.05) is 19.5 Å². The number of aromatic amines is 1. The van der Waals surface area contributed by atoms with Crippen LogP contribution in [0.2, 0.25) is 0 Å². The van der Waals surface area contributed by atoms with Gasteiger partial charge in [0.1, 0.15) is 23.1 Å². The molecule has 0 radical (unpaired) electrons. The quantitative estimate of drug-likeness (QED) is 0.448. The molecule has 1 aliphatic rings. The first-order chi connectivity index (χ1) is 15.0. The highest BCUT2D eigenvalue weighted by molar-refractivity contribution is 7.98. The van der Waals surface area contributed by atoms with E-state index < -0.39 is 5.92 Å². The minimum absolute atomic E-state index is 0.0724. The van der Waals surface area contributed by atoms with Crippen molar-refractivity contribution in [1.82, 2.24) is 9.97 Å². The van der Waals surface area contributed by atoms with Crippen LogP contribution >= 0.6 is 11.8 Å². The van der Waals surface area contributed by atoms with Gasteiger partial charge in [0, 0.05) is 23.7 Å². The SMILES string of the molecule is COc1ccc(OC)c([C@H]2CC(=O)Nc3nc(SCc4ccccc4F)[nH]c(=O)c32)c1. The number of rotatable bonds is 6. The number of nitrogens with zero attached hydrogens (tertiary/aromatic N) is 1. The molecule has 1 aromatic heterocycles. The summed E-state index contributed by atoms with van der Waals surface area (Å²) in [6.07, 6.45) is 0.0724. The summed E-state index contributed by atoms with van der Waals surface area (Å²) in [7, 11) is 3.07. The summed E-state index contributed by atoms with van der Waals surface area (Å²) in [5.74, 6) is 0.490. The Labute approximate surface area is 182 Å². The lowest BCUT2D eigenvalue weighted by Gasteiger charge is -2.26. The monoisotopic (exact) mass is 441 g/mol. The number of carbonyl (C=O) groups is 1. The van der Waals surface area contributed by atoms with Crippen molar-refractivity contribution in [3.05, 3.63) is 75.3 Å². The van der Waals surface area contributed by atoms with Gasteiger partial charge >= 0.3 is 0 Å². The summed E-state index contributed by atoms with van der Waals surface area (Å²) in [5, 5.41) is 2.98. The summed E-state index contributed by atoms with van der Waals surface area (Å²) in [4.78, 5) is 32.6. The van der Waals surface area contributed by atoms with Crippen LogP contribution in [0.25, 0.3) is 0 Å². The number of aromatic nitrogens is 2.